The van der Waals surface area contributed by atoms with Gasteiger partial charge in [0.15, 0.2) is 0 Å². The molecule has 2 aromatic carbocycles. The fraction of sp³-hybridized carbons (Fsp3) is 0. The molecule has 2 rings (SSSR count). The van der Waals surface area contributed by atoms with Gasteiger partial charge in [-0.25, -0.2) is 0 Å². The number of nitrogens with zero attached hydrogens (tertiary/aromatic N) is 2. The maximum atomic E-state index is 11.0. The van der Waals surface area contributed by atoms with Gasteiger partial charge in [-0.3, -0.25) is 20.2 Å². The summed E-state index contributed by atoms with van der Waals surface area (Å²) < 4.78 is 0. The molecule has 0 bridgehead atoms. The van der Waals surface area contributed by atoms with E-state index >= 15 is 0 Å². The molecule has 0 saturated carbocycles. The Morgan fingerprint density at radius 2 is 1.58 bits per heavy atom. The molecule has 0 heterocycles. The molecule has 1 N–H and O–H groups in total. The first-order valence-electron chi connectivity index (χ1n) is 5.22. The third kappa shape index (κ3) is 2.34. The topological polar surface area (TPSA) is 107 Å². The highest BCUT2D eigenvalue weighted by molar-refractivity contribution is 5.81. The maximum Gasteiger partial charge on any atom is 0.287 e. The van der Waals surface area contributed by atoms with Crippen molar-refractivity contribution in [1.82, 2.24) is 0 Å². The largest absolute Gasteiger partial charge is 0.507 e. The predicted octanol–water partition coefficient (Wildman–Crippen LogP) is 2.88. The normalized spacial score (nSPS) is 10.1. The number of hydrogen-bond acceptors (Lipinski definition) is 5. The molecule has 0 aliphatic rings. The number of non-ortho nitro benzene ring substituents is 1. The van der Waals surface area contributed by atoms with E-state index < -0.39 is 27.0 Å². The highest BCUT2D eigenvalue weighted by Gasteiger charge is 2.24. The van der Waals surface area contributed by atoms with Crippen LogP contribution in [0.4, 0.5) is 11.4 Å². The van der Waals surface area contributed by atoms with Crippen LogP contribution in [0.2, 0.25) is 0 Å². The zero-order chi connectivity index (χ0) is 14.0. The van der Waals surface area contributed by atoms with E-state index in [1.54, 1.807) is 30.3 Å². The Labute approximate surface area is 107 Å². The third-order valence-corrected chi connectivity index (χ3v) is 2.55. The standard InChI is InChI=1S/C12H8N2O5/c15-11-7-9(13(16)17)6-10(14(18)19)12(11)8-4-2-1-3-5-8/h1-7,15H. The summed E-state index contributed by atoms with van der Waals surface area (Å²) in [6.45, 7) is 0. The van der Waals surface area contributed by atoms with E-state index in [9.17, 15) is 25.3 Å². The van der Waals surface area contributed by atoms with Gasteiger partial charge in [0.05, 0.1) is 22.0 Å². The number of phenols is 1. The molecular weight excluding hydrogens is 252 g/mol. The Morgan fingerprint density at radius 3 is 2.11 bits per heavy atom. The minimum Gasteiger partial charge on any atom is -0.507 e. The number of phenolic OH excluding ortho intramolecular Hbond substituents is 1. The van der Waals surface area contributed by atoms with Crippen LogP contribution in [0.25, 0.3) is 11.1 Å². The summed E-state index contributed by atoms with van der Waals surface area (Å²) in [6, 6.07) is 9.91. The predicted molar refractivity (Wildman–Crippen MR) is 66.9 cm³/mol. The fourth-order valence-electron chi connectivity index (χ4n) is 1.75. The van der Waals surface area contributed by atoms with E-state index in [1.165, 1.54) is 0 Å². The van der Waals surface area contributed by atoms with Gasteiger partial charge in [-0.15, -0.1) is 0 Å². The monoisotopic (exact) mass is 260 g/mol. The summed E-state index contributed by atoms with van der Waals surface area (Å²) in [5.41, 5.74) is -0.639. The smallest absolute Gasteiger partial charge is 0.287 e. The first kappa shape index (κ1) is 12.5. The van der Waals surface area contributed by atoms with Gasteiger partial charge in [-0.2, -0.15) is 0 Å². The van der Waals surface area contributed by atoms with E-state index in [0.29, 0.717) is 5.56 Å². The van der Waals surface area contributed by atoms with Gasteiger partial charge in [0.1, 0.15) is 11.3 Å². The molecule has 7 heteroatoms. The molecule has 7 nitrogen and oxygen atoms in total. The minimum atomic E-state index is -0.790. The van der Waals surface area contributed by atoms with Crippen molar-refractivity contribution in [2.24, 2.45) is 0 Å². The summed E-state index contributed by atoms with van der Waals surface area (Å²) in [4.78, 5) is 20.1. The lowest BCUT2D eigenvalue weighted by Gasteiger charge is -2.05. The van der Waals surface area contributed by atoms with Crippen molar-refractivity contribution in [1.29, 1.82) is 0 Å². The molecule has 0 aliphatic heterocycles. The van der Waals surface area contributed by atoms with Crippen molar-refractivity contribution in [3.05, 3.63) is 62.7 Å². The van der Waals surface area contributed by atoms with E-state index in [2.05, 4.69) is 0 Å². The van der Waals surface area contributed by atoms with Crippen molar-refractivity contribution in [2.75, 3.05) is 0 Å². The highest BCUT2D eigenvalue weighted by atomic mass is 16.6. The summed E-state index contributed by atoms with van der Waals surface area (Å²) in [6.07, 6.45) is 0. The van der Waals surface area contributed by atoms with Gasteiger partial charge in [-0.05, 0) is 5.56 Å². The second kappa shape index (κ2) is 4.73. The molecule has 0 fully saturated rings. The van der Waals surface area contributed by atoms with Gasteiger partial charge in [0, 0.05) is 0 Å². The van der Waals surface area contributed by atoms with E-state index in [4.69, 9.17) is 0 Å². The van der Waals surface area contributed by atoms with Gasteiger partial charge in [-0.1, -0.05) is 30.3 Å². The second-order valence-electron chi connectivity index (χ2n) is 3.74. The van der Waals surface area contributed by atoms with Gasteiger partial charge < -0.3 is 5.11 Å². The maximum absolute atomic E-state index is 11.0. The summed E-state index contributed by atoms with van der Waals surface area (Å²) >= 11 is 0. The van der Waals surface area contributed by atoms with Crippen molar-refractivity contribution in [2.45, 2.75) is 0 Å². The number of nitro benzene ring substituents is 2. The number of benzene rings is 2. The van der Waals surface area contributed by atoms with Crippen LogP contribution in [0, 0.1) is 20.2 Å². The van der Waals surface area contributed by atoms with E-state index in [0.717, 1.165) is 12.1 Å². The molecule has 96 valence electrons. The van der Waals surface area contributed by atoms with Crippen LogP contribution < -0.4 is 0 Å². The number of aromatic hydroxyl groups is 1. The first-order valence-corrected chi connectivity index (χ1v) is 5.22. The zero-order valence-corrected chi connectivity index (χ0v) is 9.52. The Kier molecular flexibility index (Phi) is 3.11. The molecule has 0 amide bonds. The highest BCUT2D eigenvalue weighted by Crippen LogP contribution is 2.40. The molecule has 0 radical (unpaired) electrons. The van der Waals surface area contributed by atoms with Crippen LogP contribution in [-0.2, 0) is 0 Å². The Morgan fingerprint density at radius 1 is 0.947 bits per heavy atom. The lowest BCUT2D eigenvalue weighted by Crippen LogP contribution is -1.96. The van der Waals surface area contributed by atoms with Crippen LogP contribution in [0.5, 0.6) is 5.75 Å². The molecule has 0 aliphatic carbocycles. The molecule has 19 heavy (non-hydrogen) atoms. The summed E-state index contributed by atoms with van der Waals surface area (Å²) in [5.74, 6) is -0.493. The van der Waals surface area contributed by atoms with Crippen molar-refractivity contribution in [3.63, 3.8) is 0 Å². The Bertz CT molecular complexity index is 655. The Hall–Kier alpha value is -2.96. The second-order valence-corrected chi connectivity index (χ2v) is 3.74. The van der Waals surface area contributed by atoms with E-state index in [1.807, 2.05) is 0 Å². The molecule has 0 saturated heterocycles. The van der Waals surface area contributed by atoms with Crippen LogP contribution in [0.15, 0.2) is 42.5 Å². The quantitative estimate of drug-likeness (QED) is 0.674. The Balaban J connectivity index is 2.73. The molecule has 0 unspecified atom stereocenters. The van der Waals surface area contributed by atoms with Gasteiger partial charge >= 0.3 is 0 Å². The SMILES string of the molecule is O=[N+]([O-])c1cc(O)c(-c2ccccc2)c([N+](=O)[O-])c1. The third-order valence-electron chi connectivity index (χ3n) is 2.55. The summed E-state index contributed by atoms with van der Waals surface area (Å²) in [5, 5.41) is 31.5. The van der Waals surface area contributed by atoms with Crippen molar-refractivity contribution >= 4 is 11.4 Å². The molecule has 0 spiro atoms. The van der Waals surface area contributed by atoms with Crippen LogP contribution in [0.3, 0.4) is 0 Å². The molecule has 0 atom stereocenters. The van der Waals surface area contributed by atoms with Gasteiger partial charge in [0.25, 0.3) is 11.4 Å². The van der Waals surface area contributed by atoms with Gasteiger partial charge in [0.2, 0.25) is 0 Å². The van der Waals surface area contributed by atoms with Crippen LogP contribution in [-0.4, -0.2) is 15.0 Å². The minimum absolute atomic E-state index is 0.0313. The average Bonchev–Trinajstić information content (AvgIpc) is 2.38. The number of rotatable bonds is 3. The molecule has 0 aromatic heterocycles. The number of nitro groups is 2. The average molecular weight is 260 g/mol. The van der Waals surface area contributed by atoms with Crippen LogP contribution in [0.1, 0.15) is 0 Å². The zero-order valence-electron chi connectivity index (χ0n) is 9.52. The molecular formula is C12H8N2O5. The van der Waals surface area contributed by atoms with E-state index in [-0.39, 0.29) is 5.56 Å². The first-order chi connectivity index (χ1) is 9.00. The lowest BCUT2D eigenvalue weighted by molar-refractivity contribution is -0.393. The molecule has 2 aromatic rings. The van der Waals surface area contributed by atoms with Crippen molar-refractivity contribution in [3.8, 4) is 16.9 Å². The number of hydrogen-bond donors (Lipinski definition) is 1. The van der Waals surface area contributed by atoms with Crippen LogP contribution >= 0.6 is 0 Å². The fourth-order valence-corrected chi connectivity index (χ4v) is 1.75. The lowest BCUT2D eigenvalue weighted by atomic mass is 10.0. The van der Waals surface area contributed by atoms with Crippen molar-refractivity contribution < 1.29 is 15.0 Å². The summed E-state index contributed by atoms with van der Waals surface area (Å²) in [7, 11) is 0.